The molecule has 0 aliphatic rings. The molecule has 0 aliphatic heterocycles. The monoisotopic (exact) mass is 284 g/mol. The molecule has 0 unspecified atom stereocenters. The van der Waals surface area contributed by atoms with Gasteiger partial charge in [0.2, 0.25) is 0 Å². The number of alkyl halides is 1. The first kappa shape index (κ1) is 13.2. The fraction of sp³-hybridized carbons (Fsp3) is 0.462. The third kappa shape index (κ3) is 2.85. The smallest absolute Gasteiger partial charge is 0.177 e. The summed E-state index contributed by atoms with van der Waals surface area (Å²) in [5.41, 5.74) is 1.82. The highest BCUT2D eigenvalue weighted by Crippen LogP contribution is 2.28. The first-order valence-corrected chi connectivity index (χ1v) is 6.30. The molecule has 3 heteroatoms. The second-order valence-corrected chi connectivity index (χ2v) is 5.28. The molecule has 0 saturated heterocycles. The molecule has 2 nitrogen and oxygen atoms in total. The van der Waals surface area contributed by atoms with Crippen LogP contribution in [0.2, 0.25) is 0 Å². The van der Waals surface area contributed by atoms with Crippen LogP contribution in [0.1, 0.15) is 36.7 Å². The number of ketones is 1. The maximum absolute atomic E-state index is 11.7. The number of hydrogen-bond donors (Lipinski definition) is 0. The number of hydrogen-bond acceptors (Lipinski definition) is 2. The van der Waals surface area contributed by atoms with Gasteiger partial charge in [-0.25, -0.2) is 0 Å². The van der Waals surface area contributed by atoms with Crippen molar-refractivity contribution >= 4 is 21.7 Å². The molecule has 0 saturated carbocycles. The Balaban J connectivity index is 3.27. The van der Waals surface area contributed by atoms with Crippen LogP contribution in [0.4, 0.5) is 0 Å². The summed E-state index contributed by atoms with van der Waals surface area (Å²) in [6.45, 7) is 6.37. The van der Waals surface area contributed by atoms with E-state index in [1.54, 1.807) is 7.11 Å². The van der Waals surface area contributed by atoms with Gasteiger partial charge in [0.05, 0.1) is 18.0 Å². The Morgan fingerprint density at radius 1 is 1.38 bits per heavy atom. The Morgan fingerprint density at radius 2 is 2.00 bits per heavy atom. The van der Waals surface area contributed by atoms with Crippen LogP contribution in [0.15, 0.2) is 18.2 Å². The number of methoxy groups -OCH3 is 1. The van der Waals surface area contributed by atoms with Crippen molar-refractivity contribution in [1.29, 1.82) is 0 Å². The van der Waals surface area contributed by atoms with Crippen LogP contribution in [0.5, 0.6) is 5.75 Å². The highest BCUT2D eigenvalue weighted by molar-refractivity contribution is 9.09. The van der Waals surface area contributed by atoms with Crippen LogP contribution in [0.3, 0.4) is 0 Å². The number of ether oxygens (including phenoxy) is 1. The Kier molecular flexibility index (Phi) is 4.14. The minimum atomic E-state index is 0.0353. The first-order valence-electron chi connectivity index (χ1n) is 5.18. The average Bonchev–Trinajstić information content (AvgIpc) is 2.25. The average molecular weight is 285 g/mol. The molecule has 0 aromatic heterocycles. The van der Waals surface area contributed by atoms with Gasteiger partial charge in [-0.2, -0.15) is 0 Å². The van der Waals surface area contributed by atoms with E-state index in [0.717, 1.165) is 5.56 Å². The second kappa shape index (κ2) is 5.00. The molecular formula is C13H17BrO2. The standard InChI is InChI=1S/C13H17BrO2/c1-13(2,3)9-5-6-12(16-4)10(7-9)11(15)8-14/h5-7H,8H2,1-4H3. The number of carbonyl (C=O) groups is 1. The normalized spacial score (nSPS) is 11.3. The molecule has 0 fully saturated rings. The Bertz CT molecular complexity index is 391. The van der Waals surface area contributed by atoms with Gasteiger partial charge in [-0.05, 0) is 23.1 Å². The van der Waals surface area contributed by atoms with E-state index in [9.17, 15) is 4.79 Å². The number of benzene rings is 1. The molecule has 0 spiro atoms. The van der Waals surface area contributed by atoms with Gasteiger partial charge in [0, 0.05) is 0 Å². The third-order valence-corrected chi connectivity index (χ3v) is 3.00. The predicted molar refractivity (Wildman–Crippen MR) is 69.8 cm³/mol. The van der Waals surface area contributed by atoms with Crippen molar-refractivity contribution in [3.05, 3.63) is 29.3 Å². The Morgan fingerprint density at radius 3 is 2.44 bits per heavy atom. The maximum Gasteiger partial charge on any atom is 0.177 e. The molecule has 0 bridgehead atoms. The van der Waals surface area contributed by atoms with E-state index in [1.807, 2.05) is 18.2 Å². The lowest BCUT2D eigenvalue weighted by atomic mass is 9.85. The molecule has 0 radical (unpaired) electrons. The van der Waals surface area contributed by atoms with E-state index < -0.39 is 0 Å². The van der Waals surface area contributed by atoms with Gasteiger partial charge in [0.15, 0.2) is 5.78 Å². The van der Waals surface area contributed by atoms with Crippen LogP contribution in [-0.2, 0) is 5.41 Å². The lowest BCUT2D eigenvalue weighted by molar-refractivity contribution is 0.102. The summed E-state index contributed by atoms with van der Waals surface area (Å²) in [7, 11) is 1.58. The highest BCUT2D eigenvalue weighted by Gasteiger charge is 2.18. The number of halogens is 1. The van der Waals surface area contributed by atoms with Crippen molar-refractivity contribution in [2.24, 2.45) is 0 Å². The zero-order valence-corrected chi connectivity index (χ0v) is 11.7. The lowest BCUT2D eigenvalue weighted by Gasteiger charge is -2.20. The number of Topliss-reactive ketones (excluding diaryl/α,β-unsaturated/α-hetero) is 1. The zero-order valence-electron chi connectivity index (χ0n) is 10.1. The highest BCUT2D eigenvalue weighted by atomic mass is 79.9. The van der Waals surface area contributed by atoms with Crippen molar-refractivity contribution in [2.45, 2.75) is 26.2 Å². The molecule has 0 aliphatic carbocycles. The molecule has 1 aromatic rings. The van der Waals surface area contributed by atoms with E-state index in [1.165, 1.54) is 0 Å². The third-order valence-electron chi connectivity index (χ3n) is 2.49. The first-order chi connectivity index (χ1) is 7.40. The minimum absolute atomic E-state index is 0.0353. The summed E-state index contributed by atoms with van der Waals surface area (Å²) < 4.78 is 5.19. The number of carbonyl (C=O) groups excluding carboxylic acids is 1. The molecule has 88 valence electrons. The van der Waals surface area contributed by atoms with Crippen molar-refractivity contribution in [3.8, 4) is 5.75 Å². The molecule has 1 rings (SSSR count). The Hall–Kier alpha value is -0.830. The topological polar surface area (TPSA) is 26.3 Å². The molecule has 1 aromatic carbocycles. The van der Waals surface area contributed by atoms with Gasteiger partial charge in [0.25, 0.3) is 0 Å². The van der Waals surface area contributed by atoms with Crippen LogP contribution in [0.25, 0.3) is 0 Å². The van der Waals surface area contributed by atoms with Crippen molar-refractivity contribution in [2.75, 3.05) is 12.4 Å². The molecule has 0 N–H and O–H groups in total. The molecule has 0 heterocycles. The largest absolute Gasteiger partial charge is 0.496 e. The van der Waals surface area contributed by atoms with Gasteiger partial charge in [-0.3, -0.25) is 4.79 Å². The summed E-state index contributed by atoms with van der Waals surface area (Å²) in [5.74, 6) is 0.681. The second-order valence-electron chi connectivity index (χ2n) is 4.72. The zero-order chi connectivity index (χ0) is 12.3. The fourth-order valence-corrected chi connectivity index (χ4v) is 1.77. The minimum Gasteiger partial charge on any atom is -0.496 e. The van der Waals surface area contributed by atoms with Crippen molar-refractivity contribution in [3.63, 3.8) is 0 Å². The maximum atomic E-state index is 11.7. The Labute approximate surface area is 105 Å². The van der Waals surface area contributed by atoms with E-state index in [4.69, 9.17) is 4.74 Å². The van der Waals surface area contributed by atoms with Gasteiger partial charge in [-0.15, -0.1) is 0 Å². The van der Waals surface area contributed by atoms with Gasteiger partial charge in [-0.1, -0.05) is 42.8 Å². The molecule has 0 amide bonds. The van der Waals surface area contributed by atoms with Gasteiger partial charge in [0.1, 0.15) is 5.75 Å². The summed E-state index contributed by atoms with van der Waals surface area (Å²) in [6, 6.07) is 5.78. The summed E-state index contributed by atoms with van der Waals surface area (Å²) in [5, 5.41) is 0.316. The van der Waals surface area contributed by atoms with Crippen LogP contribution < -0.4 is 4.74 Å². The van der Waals surface area contributed by atoms with Crippen molar-refractivity contribution < 1.29 is 9.53 Å². The van der Waals surface area contributed by atoms with Crippen LogP contribution in [-0.4, -0.2) is 18.2 Å². The summed E-state index contributed by atoms with van der Waals surface area (Å²) >= 11 is 3.18. The van der Waals surface area contributed by atoms with Gasteiger partial charge < -0.3 is 4.74 Å². The molecule has 0 atom stereocenters. The summed E-state index contributed by atoms with van der Waals surface area (Å²) in [4.78, 5) is 11.7. The summed E-state index contributed by atoms with van der Waals surface area (Å²) in [6.07, 6.45) is 0. The van der Waals surface area contributed by atoms with Gasteiger partial charge >= 0.3 is 0 Å². The SMILES string of the molecule is COc1ccc(C(C)(C)C)cc1C(=O)CBr. The van der Waals surface area contributed by atoms with E-state index in [2.05, 4.69) is 36.7 Å². The quantitative estimate of drug-likeness (QED) is 0.627. The lowest BCUT2D eigenvalue weighted by Crippen LogP contribution is -2.13. The molecule has 16 heavy (non-hydrogen) atoms. The van der Waals surface area contributed by atoms with E-state index in [0.29, 0.717) is 16.6 Å². The molecular weight excluding hydrogens is 268 g/mol. The van der Waals surface area contributed by atoms with E-state index in [-0.39, 0.29) is 11.2 Å². The van der Waals surface area contributed by atoms with Crippen LogP contribution >= 0.6 is 15.9 Å². The fourth-order valence-electron chi connectivity index (χ4n) is 1.46. The van der Waals surface area contributed by atoms with E-state index >= 15 is 0 Å². The predicted octanol–water partition coefficient (Wildman–Crippen LogP) is 3.57. The van der Waals surface area contributed by atoms with Crippen molar-refractivity contribution in [1.82, 2.24) is 0 Å². The number of rotatable bonds is 3. The van der Waals surface area contributed by atoms with Crippen LogP contribution in [0, 0.1) is 0 Å².